The second-order valence-corrected chi connectivity index (χ2v) is 5.27. The maximum atomic E-state index is 4.42. The number of piperazine rings is 1. The molecule has 0 bridgehead atoms. The van der Waals surface area contributed by atoms with Gasteiger partial charge in [0.05, 0.1) is 0 Å². The van der Waals surface area contributed by atoms with E-state index in [0.29, 0.717) is 6.04 Å². The molecule has 1 atom stereocenters. The van der Waals surface area contributed by atoms with Gasteiger partial charge in [-0.1, -0.05) is 19.6 Å². The van der Waals surface area contributed by atoms with Crippen LogP contribution in [0.25, 0.3) is 0 Å². The zero-order valence-electron chi connectivity index (χ0n) is 13.7. The van der Waals surface area contributed by atoms with Gasteiger partial charge in [-0.05, 0) is 39.7 Å². The van der Waals surface area contributed by atoms with E-state index >= 15 is 0 Å². The highest BCUT2D eigenvalue weighted by atomic mass is 15.2. The highest BCUT2D eigenvalue weighted by Gasteiger charge is 2.22. The molecule has 0 spiro atoms. The molecular formula is C17H29N3. The summed E-state index contributed by atoms with van der Waals surface area (Å²) in [5.74, 6) is 0. The van der Waals surface area contributed by atoms with Crippen molar-refractivity contribution in [3.8, 4) is 0 Å². The van der Waals surface area contributed by atoms with E-state index in [-0.39, 0.29) is 0 Å². The largest absolute Gasteiger partial charge is 0.369 e. The Bertz CT molecular complexity index is 426. The molecule has 1 saturated heterocycles. The summed E-state index contributed by atoms with van der Waals surface area (Å²) >= 11 is 0. The molecule has 0 unspecified atom stereocenters. The molecule has 1 aliphatic heterocycles. The van der Waals surface area contributed by atoms with Crippen molar-refractivity contribution < 1.29 is 0 Å². The fourth-order valence-corrected chi connectivity index (χ4v) is 2.94. The third-order valence-corrected chi connectivity index (χ3v) is 3.99. The molecule has 0 aromatic rings. The van der Waals surface area contributed by atoms with Gasteiger partial charge in [-0.2, -0.15) is 0 Å². The van der Waals surface area contributed by atoms with Crippen molar-refractivity contribution in [2.24, 2.45) is 4.99 Å². The van der Waals surface area contributed by atoms with Crippen LogP contribution in [0.1, 0.15) is 41.0 Å². The van der Waals surface area contributed by atoms with Gasteiger partial charge in [0, 0.05) is 48.9 Å². The molecule has 0 aliphatic carbocycles. The molecule has 1 rings (SSSR count). The first kappa shape index (κ1) is 16.7. The highest BCUT2D eigenvalue weighted by Crippen LogP contribution is 2.24. The Morgan fingerprint density at radius 1 is 1.45 bits per heavy atom. The second kappa shape index (κ2) is 8.05. The zero-order chi connectivity index (χ0) is 15.1. The Hall–Kier alpha value is -1.35. The molecule has 0 saturated carbocycles. The highest BCUT2D eigenvalue weighted by molar-refractivity contribution is 6.03. The topological polar surface area (TPSA) is 27.6 Å². The third kappa shape index (κ3) is 3.83. The van der Waals surface area contributed by atoms with Gasteiger partial charge < -0.3 is 10.2 Å². The van der Waals surface area contributed by atoms with E-state index in [1.165, 1.54) is 16.8 Å². The van der Waals surface area contributed by atoms with Crippen LogP contribution >= 0.6 is 0 Å². The van der Waals surface area contributed by atoms with Crippen LogP contribution < -0.4 is 5.32 Å². The molecule has 20 heavy (non-hydrogen) atoms. The number of nitrogens with one attached hydrogen (secondary N) is 1. The molecule has 1 N–H and O–H groups in total. The van der Waals surface area contributed by atoms with Gasteiger partial charge in [0.15, 0.2) is 0 Å². The lowest BCUT2D eigenvalue weighted by Gasteiger charge is -2.38. The maximum Gasteiger partial charge on any atom is 0.0464 e. The van der Waals surface area contributed by atoms with Gasteiger partial charge in [0.25, 0.3) is 0 Å². The van der Waals surface area contributed by atoms with Crippen molar-refractivity contribution in [1.82, 2.24) is 10.2 Å². The van der Waals surface area contributed by atoms with E-state index in [9.17, 15) is 0 Å². The summed E-state index contributed by atoms with van der Waals surface area (Å²) in [5, 5.41) is 3.44. The minimum Gasteiger partial charge on any atom is -0.369 e. The van der Waals surface area contributed by atoms with Gasteiger partial charge in [-0.25, -0.2) is 0 Å². The van der Waals surface area contributed by atoms with E-state index in [1.807, 2.05) is 0 Å². The monoisotopic (exact) mass is 275 g/mol. The fraction of sp³-hybridized carbons (Fsp3) is 0.588. The summed E-state index contributed by atoms with van der Waals surface area (Å²) in [6, 6.07) is 0.519. The summed E-state index contributed by atoms with van der Waals surface area (Å²) in [4.78, 5) is 6.92. The second-order valence-electron chi connectivity index (χ2n) is 5.27. The summed E-state index contributed by atoms with van der Waals surface area (Å²) in [7, 11) is 0. The van der Waals surface area contributed by atoms with Crippen LogP contribution in [-0.4, -0.2) is 36.3 Å². The summed E-state index contributed by atoms with van der Waals surface area (Å²) in [6.45, 7) is 17.7. The van der Waals surface area contributed by atoms with Crippen LogP contribution in [-0.2, 0) is 0 Å². The molecular weight excluding hydrogens is 246 g/mol. The van der Waals surface area contributed by atoms with E-state index in [4.69, 9.17) is 0 Å². The average Bonchev–Trinajstić information content (AvgIpc) is 2.44. The predicted octanol–water partition coefficient (Wildman–Crippen LogP) is 3.51. The number of hydrogen-bond donors (Lipinski definition) is 1. The Balaban J connectivity index is 3.28. The van der Waals surface area contributed by atoms with Crippen LogP contribution in [0.15, 0.2) is 40.7 Å². The number of rotatable bonds is 5. The van der Waals surface area contributed by atoms with Crippen molar-refractivity contribution in [1.29, 1.82) is 0 Å². The van der Waals surface area contributed by atoms with Crippen LogP contribution in [0, 0.1) is 0 Å². The maximum absolute atomic E-state index is 4.42. The molecule has 0 radical (unpaired) electrons. The van der Waals surface area contributed by atoms with Crippen molar-refractivity contribution in [3.63, 3.8) is 0 Å². The summed E-state index contributed by atoms with van der Waals surface area (Å²) < 4.78 is 0. The predicted molar refractivity (Wildman–Crippen MR) is 89.1 cm³/mol. The van der Waals surface area contributed by atoms with Gasteiger partial charge in [-0.15, -0.1) is 0 Å². The van der Waals surface area contributed by atoms with Crippen molar-refractivity contribution >= 4 is 5.71 Å². The molecule has 0 aromatic carbocycles. The quantitative estimate of drug-likeness (QED) is 0.614. The number of aliphatic imine (C=N–C) groups is 1. The molecule has 3 nitrogen and oxygen atoms in total. The molecule has 1 heterocycles. The van der Waals surface area contributed by atoms with Crippen molar-refractivity contribution in [2.45, 2.75) is 47.1 Å². The molecule has 112 valence electrons. The van der Waals surface area contributed by atoms with E-state index in [2.05, 4.69) is 62.5 Å². The van der Waals surface area contributed by atoms with E-state index in [1.54, 1.807) is 6.20 Å². The van der Waals surface area contributed by atoms with Crippen molar-refractivity contribution in [3.05, 3.63) is 35.7 Å². The molecule has 0 amide bonds. The van der Waals surface area contributed by atoms with Gasteiger partial charge in [-0.3, -0.25) is 4.99 Å². The molecule has 1 aliphatic rings. The van der Waals surface area contributed by atoms with Crippen molar-refractivity contribution in [2.75, 3.05) is 19.6 Å². The minimum absolute atomic E-state index is 0.519. The standard InChI is InChI=1S/C17H29N3/c1-7-16(8-2)17(14(5)19-9-3)15(6)20-11-10-18-12-13(20)4/h7,9,13,18H,3,8,10-12H2,1-2,4-6H3/b16-7-,17-15-,19-14?/t13-/m0/s1. The van der Waals surface area contributed by atoms with E-state index < -0.39 is 0 Å². The number of nitrogens with zero attached hydrogens (tertiary/aromatic N) is 2. The Morgan fingerprint density at radius 3 is 2.65 bits per heavy atom. The van der Waals surface area contributed by atoms with Gasteiger partial charge in [0.2, 0.25) is 0 Å². The van der Waals surface area contributed by atoms with Crippen LogP contribution in [0.2, 0.25) is 0 Å². The number of allylic oxidation sites excluding steroid dienone is 4. The Kier molecular flexibility index (Phi) is 6.73. The molecule has 1 fully saturated rings. The lowest BCUT2D eigenvalue weighted by atomic mass is 9.96. The molecule has 3 heteroatoms. The third-order valence-electron chi connectivity index (χ3n) is 3.99. The minimum atomic E-state index is 0.519. The number of hydrogen-bond acceptors (Lipinski definition) is 3. The van der Waals surface area contributed by atoms with E-state index in [0.717, 1.165) is 31.8 Å². The van der Waals surface area contributed by atoms with Crippen LogP contribution in [0.5, 0.6) is 0 Å². The fourth-order valence-electron chi connectivity index (χ4n) is 2.94. The van der Waals surface area contributed by atoms with Gasteiger partial charge >= 0.3 is 0 Å². The summed E-state index contributed by atoms with van der Waals surface area (Å²) in [6.07, 6.45) is 4.86. The SMILES string of the molecule is C=CN=C(C)C(/C(=C\C)CC)=C(\C)N1CCNC[C@@H]1C. The Labute approximate surface area is 124 Å². The summed E-state index contributed by atoms with van der Waals surface area (Å²) in [5.41, 5.74) is 5.02. The van der Waals surface area contributed by atoms with Gasteiger partial charge in [0.1, 0.15) is 0 Å². The van der Waals surface area contributed by atoms with Crippen LogP contribution in [0.3, 0.4) is 0 Å². The first-order chi connectivity index (χ1) is 9.56. The first-order valence-electron chi connectivity index (χ1n) is 7.56. The lowest BCUT2D eigenvalue weighted by molar-refractivity contribution is 0.223. The first-order valence-corrected chi connectivity index (χ1v) is 7.56. The zero-order valence-corrected chi connectivity index (χ0v) is 13.7. The lowest BCUT2D eigenvalue weighted by Crippen LogP contribution is -2.49. The van der Waals surface area contributed by atoms with Crippen LogP contribution in [0.4, 0.5) is 0 Å². The Morgan fingerprint density at radius 2 is 2.15 bits per heavy atom. The molecule has 0 aromatic heterocycles. The average molecular weight is 275 g/mol. The smallest absolute Gasteiger partial charge is 0.0464 e. The normalized spacial score (nSPS) is 22.6.